The van der Waals surface area contributed by atoms with Crippen LogP contribution in [0, 0.1) is 11.3 Å². The number of carbonyl (C=O) groups is 1. The van der Waals surface area contributed by atoms with Crippen molar-refractivity contribution in [2.45, 2.75) is 12.5 Å². The van der Waals surface area contributed by atoms with E-state index in [9.17, 15) is 10.1 Å². The largest absolute Gasteiger partial charge is 0.460 e. The molecule has 2 aromatic carbocycles. The van der Waals surface area contributed by atoms with Gasteiger partial charge in [-0.3, -0.25) is 9.69 Å². The first-order valence-electron chi connectivity index (χ1n) is 10.6. The van der Waals surface area contributed by atoms with Crippen LogP contribution < -0.4 is 4.90 Å². The van der Waals surface area contributed by atoms with Crippen LogP contribution in [0.15, 0.2) is 67.3 Å². The summed E-state index contributed by atoms with van der Waals surface area (Å²) in [7, 11) is 0. The van der Waals surface area contributed by atoms with Crippen molar-refractivity contribution in [3.63, 3.8) is 0 Å². The molecule has 1 saturated heterocycles. The van der Waals surface area contributed by atoms with Gasteiger partial charge in [-0.05, 0) is 17.7 Å². The van der Waals surface area contributed by atoms with E-state index in [0.29, 0.717) is 17.0 Å². The Labute approximate surface area is 187 Å². The molecule has 0 aliphatic carbocycles. The maximum atomic E-state index is 12.6. The zero-order valence-corrected chi connectivity index (χ0v) is 17.9. The monoisotopic (exact) mass is 427 g/mol. The second-order valence-corrected chi connectivity index (χ2v) is 7.65. The van der Waals surface area contributed by atoms with Crippen molar-refractivity contribution in [3.8, 4) is 6.07 Å². The van der Waals surface area contributed by atoms with Gasteiger partial charge in [-0.15, -0.1) is 0 Å². The SMILES string of the molecule is C=CCOC(=O)[C@@H](C#N)c1nc2ccccc2nc1N1CCN(Cc2ccccc2)CC1. The standard InChI is InChI=1S/C25H25N5O2/c1-2-16-32-25(31)20(17-26)23-24(28-22-11-7-6-10-21(22)27-23)30-14-12-29(13-15-30)18-19-8-4-3-5-9-19/h2-11,20H,1,12-16,18H2/t20-/m0/s1. The van der Waals surface area contributed by atoms with Crippen LogP contribution in [-0.4, -0.2) is 53.6 Å². The van der Waals surface area contributed by atoms with E-state index >= 15 is 0 Å². The van der Waals surface area contributed by atoms with Crippen LogP contribution in [0.1, 0.15) is 17.2 Å². The highest BCUT2D eigenvalue weighted by Gasteiger charge is 2.31. The first-order valence-corrected chi connectivity index (χ1v) is 10.6. The first kappa shape index (κ1) is 21.5. The number of nitriles is 1. The lowest BCUT2D eigenvalue weighted by Gasteiger charge is -2.36. The Hall–Kier alpha value is -3.76. The van der Waals surface area contributed by atoms with Crippen molar-refractivity contribution < 1.29 is 9.53 Å². The minimum Gasteiger partial charge on any atom is -0.460 e. The van der Waals surface area contributed by atoms with E-state index in [0.717, 1.165) is 38.2 Å². The van der Waals surface area contributed by atoms with Gasteiger partial charge < -0.3 is 9.64 Å². The molecular weight excluding hydrogens is 402 g/mol. The minimum absolute atomic E-state index is 0.0471. The number of carbonyl (C=O) groups excluding carboxylic acids is 1. The lowest BCUT2D eigenvalue weighted by atomic mass is 10.1. The Balaban J connectivity index is 1.60. The molecule has 0 spiro atoms. The fraction of sp³-hybridized carbons (Fsp3) is 0.280. The number of anilines is 1. The van der Waals surface area contributed by atoms with Crippen LogP contribution in [0.25, 0.3) is 11.0 Å². The number of aromatic nitrogens is 2. The summed E-state index contributed by atoms with van der Waals surface area (Å²) < 4.78 is 5.16. The van der Waals surface area contributed by atoms with Gasteiger partial charge in [-0.2, -0.15) is 5.26 Å². The smallest absolute Gasteiger partial charge is 0.330 e. The Bertz CT molecular complexity index is 1130. The highest BCUT2D eigenvalue weighted by Crippen LogP contribution is 2.29. The molecule has 162 valence electrons. The highest BCUT2D eigenvalue weighted by atomic mass is 16.5. The van der Waals surface area contributed by atoms with Crippen LogP contribution >= 0.6 is 0 Å². The number of benzene rings is 2. The van der Waals surface area contributed by atoms with Crippen LogP contribution in [0.5, 0.6) is 0 Å². The maximum absolute atomic E-state index is 12.6. The summed E-state index contributed by atoms with van der Waals surface area (Å²) in [6.07, 6.45) is 1.48. The molecule has 0 N–H and O–H groups in total. The molecule has 2 heterocycles. The minimum atomic E-state index is -1.15. The Morgan fingerprint density at radius 1 is 1.06 bits per heavy atom. The van der Waals surface area contributed by atoms with Gasteiger partial charge in [0.05, 0.1) is 17.1 Å². The van der Waals surface area contributed by atoms with E-state index in [1.165, 1.54) is 11.6 Å². The average Bonchev–Trinajstić information content (AvgIpc) is 2.84. The summed E-state index contributed by atoms with van der Waals surface area (Å²) in [5, 5.41) is 9.78. The Kier molecular flexibility index (Phi) is 6.73. The van der Waals surface area contributed by atoms with Crippen molar-refractivity contribution >= 4 is 22.8 Å². The van der Waals surface area contributed by atoms with E-state index in [1.54, 1.807) is 0 Å². The number of fused-ring (bicyclic) bond motifs is 1. The molecule has 32 heavy (non-hydrogen) atoms. The van der Waals surface area contributed by atoms with Crippen molar-refractivity contribution in [2.24, 2.45) is 0 Å². The number of hydrogen-bond donors (Lipinski definition) is 0. The molecule has 0 bridgehead atoms. The number of para-hydroxylation sites is 2. The van der Waals surface area contributed by atoms with Gasteiger partial charge in [0.2, 0.25) is 0 Å². The van der Waals surface area contributed by atoms with Crippen LogP contribution in [-0.2, 0) is 16.1 Å². The fourth-order valence-electron chi connectivity index (χ4n) is 3.84. The molecule has 7 nitrogen and oxygen atoms in total. The van der Waals surface area contributed by atoms with E-state index in [1.807, 2.05) is 30.3 Å². The lowest BCUT2D eigenvalue weighted by molar-refractivity contribution is -0.142. The second-order valence-electron chi connectivity index (χ2n) is 7.65. The molecule has 4 rings (SSSR count). The maximum Gasteiger partial charge on any atom is 0.330 e. The third-order valence-corrected chi connectivity index (χ3v) is 5.48. The van der Waals surface area contributed by atoms with Crippen molar-refractivity contribution in [1.29, 1.82) is 5.26 Å². The number of piperazine rings is 1. The predicted octanol–water partition coefficient (Wildman–Crippen LogP) is 3.29. The van der Waals surface area contributed by atoms with Gasteiger partial charge in [-0.25, -0.2) is 9.97 Å². The number of rotatable bonds is 7. The van der Waals surface area contributed by atoms with Gasteiger partial charge in [0.1, 0.15) is 12.3 Å². The molecule has 0 radical (unpaired) electrons. The van der Waals surface area contributed by atoms with E-state index in [4.69, 9.17) is 9.72 Å². The molecule has 1 atom stereocenters. The van der Waals surface area contributed by atoms with Crippen molar-refractivity contribution in [3.05, 3.63) is 78.5 Å². The van der Waals surface area contributed by atoms with E-state index in [-0.39, 0.29) is 6.61 Å². The number of nitrogens with zero attached hydrogens (tertiary/aromatic N) is 5. The molecule has 0 amide bonds. The van der Waals surface area contributed by atoms with Crippen molar-refractivity contribution in [1.82, 2.24) is 14.9 Å². The molecule has 3 aromatic rings. The highest BCUT2D eigenvalue weighted by molar-refractivity contribution is 5.85. The normalized spacial score (nSPS) is 15.2. The summed E-state index contributed by atoms with van der Waals surface area (Å²) in [5.41, 5.74) is 3.00. The quantitative estimate of drug-likeness (QED) is 0.423. The average molecular weight is 428 g/mol. The van der Waals surface area contributed by atoms with Gasteiger partial charge in [0, 0.05) is 32.7 Å². The molecule has 1 fully saturated rings. The van der Waals surface area contributed by atoms with E-state index < -0.39 is 11.9 Å². The third kappa shape index (κ3) is 4.76. The van der Waals surface area contributed by atoms with Crippen molar-refractivity contribution in [2.75, 3.05) is 37.7 Å². The zero-order chi connectivity index (χ0) is 22.3. The Morgan fingerprint density at radius 2 is 1.72 bits per heavy atom. The fourth-order valence-corrected chi connectivity index (χ4v) is 3.84. The van der Waals surface area contributed by atoms with Gasteiger partial charge in [0.25, 0.3) is 0 Å². The topological polar surface area (TPSA) is 82.3 Å². The number of ether oxygens (including phenoxy) is 1. The number of esters is 1. The molecule has 1 aromatic heterocycles. The molecule has 7 heteroatoms. The van der Waals surface area contributed by atoms with Crippen LogP contribution in [0.4, 0.5) is 5.82 Å². The van der Waals surface area contributed by atoms with Gasteiger partial charge in [0.15, 0.2) is 11.7 Å². The number of hydrogen-bond acceptors (Lipinski definition) is 7. The van der Waals surface area contributed by atoms with E-state index in [2.05, 4.69) is 51.7 Å². The summed E-state index contributed by atoms with van der Waals surface area (Å²) >= 11 is 0. The molecule has 0 saturated carbocycles. The second kappa shape index (κ2) is 10.0. The van der Waals surface area contributed by atoms with Crippen LogP contribution in [0.2, 0.25) is 0 Å². The first-order chi connectivity index (χ1) is 15.7. The molecule has 1 aliphatic rings. The Morgan fingerprint density at radius 3 is 2.38 bits per heavy atom. The summed E-state index contributed by atoms with van der Waals surface area (Å²) in [4.78, 5) is 26.6. The summed E-state index contributed by atoms with van der Waals surface area (Å²) in [6, 6.07) is 19.9. The molecular formula is C25H25N5O2. The summed E-state index contributed by atoms with van der Waals surface area (Å²) in [5.74, 6) is -1.21. The van der Waals surface area contributed by atoms with Crippen LogP contribution in [0.3, 0.4) is 0 Å². The summed E-state index contributed by atoms with van der Waals surface area (Å²) in [6.45, 7) is 7.65. The van der Waals surface area contributed by atoms with Gasteiger partial charge in [-0.1, -0.05) is 55.1 Å². The predicted molar refractivity (Wildman–Crippen MR) is 123 cm³/mol. The lowest BCUT2D eigenvalue weighted by Crippen LogP contribution is -2.46. The van der Waals surface area contributed by atoms with Gasteiger partial charge >= 0.3 is 5.97 Å². The molecule has 1 aliphatic heterocycles. The third-order valence-electron chi connectivity index (χ3n) is 5.48. The molecule has 0 unspecified atom stereocenters. The zero-order valence-electron chi connectivity index (χ0n) is 17.9.